The number of rotatable bonds is 3. The van der Waals surface area contributed by atoms with Crippen LogP contribution < -0.4 is 0 Å². The Kier molecular flexibility index (Phi) is 5.18. The summed E-state index contributed by atoms with van der Waals surface area (Å²) in [5.41, 5.74) is 1.76. The molecule has 0 aliphatic carbocycles. The molecule has 7 nitrogen and oxygen atoms in total. The second-order valence-corrected chi connectivity index (χ2v) is 9.30. The summed E-state index contributed by atoms with van der Waals surface area (Å²) < 4.78 is 5.62. The lowest BCUT2D eigenvalue weighted by Gasteiger charge is -2.28. The molecule has 0 spiro atoms. The van der Waals surface area contributed by atoms with E-state index in [1.807, 2.05) is 31.7 Å². The van der Waals surface area contributed by atoms with Crippen molar-refractivity contribution in [3.05, 3.63) is 57.4 Å². The summed E-state index contributed by atoms with van der Waals surface area (Å²) in [5, 5.41) is 11.4. The fourth-order valence-electron chi connectivity index (χ4n) is 4.60. The van der Waals surface area contributed by atoms with Crippen LogP contribution in [0.15, 0.2) is 36.5 Å². The van der Waals surface area contributed by atoms with Gasteiger partial charge >= 0.3 is 6.09 Å². The lowest BCUT2D eigenvalue weighted by atomic mass is 9.84. The second-order valence-electron chi connectivity index (χ2n) is 8.94. The molecule has 2 aliphatic heterocycles. The van der Waals surface area contributed by atoms with Gasteiger partial charge in [-0.2, -0.15) is 0 Å². The van der Waals surface area contributed by atoms with Crippen molar-refractivity contribution in [2.24, 2.45) is 0 Å². The van der Waals surface area contributed by atoms with Crippen LogP contribution in [0.1, 0.15) is 51.5 Å². The number of ether oxygens (including phenoxy) is 1. The highest BCUT2D eigenvalue weighted by atomic mass is 35.5. The van der Waals surface area contributed by atoms with Crippen molar-refractivity contribution in [1.82, 2.24) is 9.88 Å². The summed E-state index contributed by atoms with van der Waals surface area (Å²) in [4.78, 5) is 29.7. The molecule has 8 heteroatoms. The predicted octanol–water partition coefficient (Wildman–Crippen LogP) is 5.57. The van der Waals surface area contributed by atoms with Gasteiger partial charge in [0.05, 0.1) is 4.92 Å². The molecule has 4 rings (SSSR count). The maximum absolute atomic E-state index is 12.7. The van der Waals surface area contributed by atoms with Gasteiger partial charge in [0, 0.05) is 41.9 Å². The van der Waals surface area contributed by atoms with Crippen molar-refractivity contribution >= 4 is 23.4 Å². The Morgan fingerprint density at radius 3 is 2.77 bits per heavy atom. The van der Waals surface area contributed by atoms with Gasteiger partial charge in [-0.25, -0.2) is 9.78 Å². The first-order valence-corrected chi connectivity index (χ1v) is 10.4. The lowest BCUT2D eigenvalue weighted by molar-refractivity contribution is -0.384. The zero-order valence-corrected chi connectivity index (χ0v) is 17.9. The number of hydrogen-bond acceptors (Lipinski definition) is 5. The summed E-state index contributed by atoms with van der Waals surface area (Å²) >= 11 is 6.33. The number of non-ortho nitro benzene ring substituents is 1. The molecule has 0 saturated carbocycles. The van der Waals surface area contributed by atoms with Crippen LogP contribution in [-0.2, 0) is 4.74 Å². The van der Waals surface area contributed by atoms with Crippen LogP contribution in [0.25, 0.3) is 11.1 Å². The molecule has 0 N–H and O–H groups in total. The van der Waals surface area contributed by atoms with E-state index in [0.717, 1.165) is 24.8 Å². The van der Waals surface area contributed by atoms with Gasteiger partial charge < -0.3 is 9.64 Å². The third-order valence-corrected chi connectivity index (χ3v) is 6.10. The second kappa shape index (κ2) is 7.54. The van der Waals surface area contributed by atoms with E-state index >= 15 is 0 Å². The van der Waals surface area contributed by atoms with Crippen LogP contribution >= 0.6 is 11.6 Å². The molecule has 30 heavy (non-hydrogen) atoms. The van der Waals surface area contributed by atoms with Crippen LogP contribution in [0, 0.1) is 10.1 Å². The third-order valence-electron chi connectivity index (χ3n) is 5.80. The number of carbonyl (C=O) groups excluding carboxylic acids is 1. The zero-order chi connectivity index (χ0) is 21.6. The molecule has 1 amide bonds. The fraction of sp³-hybridized carbons (Fsp3) is 0.455. The summed E-state index contributed by atoms with van der Waals surface area (Å²) in [6, 6.07) is 8.54. The summed E-state index contributed by atoms with van der Waals surface area (Å²) in [7, 11) is 0. The number of halogens is 1. The van der Waals surface area contributed by atoms with Gasteiger partial charge in [0.1, 0.15) is 10.8 Å². The molecule has 2 aromatic rings. The Bertz CT molecular complexity index is 1000. The largest absolute Gasteiger partial charge is 0.444 e. The minimum atomic E-state index is -0.536. The molecule has 0 radical (unpaired) electrons. The smallest absolute Gasteiger partial charge is 0.410 e. The molecule has 3 atom stereocenters. The van der Waals surface area contributed by atoms with Crippen molar-refractivity contribution in [1.29, 1.82) is 0 Å². The lowest BCUT2D eigenvalue weighted by Crippen LogP contribution is -2.40. The van der Waals surface area contributed by atoms with Crippen molar-refractivity contribution in [2.45, 2.75) is 63.6 Å². The van der Waals surface area contributed by atoms with Gasteiger partial charge in [-0.1, -0.05) is 23.7 Å². The fourth-order valence-corrected chi connectivity index (χ4v) is 4.82. The van der Waals surface area contributed by atoms with Crippen molar-refractivity contribution in [2.75, 3.05) is 0 Å². The van der Waals surface area contributed by atoms with Gasteiger partial charge in [0.25, 0.3) is 5.69 Å². The van der Waals surface area contributed by atoms with Gasteiger partial charge in [-0.15, -0.1) is 0 Å². The number of carbonyl (C=O) groups is 1. The Morgan fingerprint density at radius 1 is 1.30 bits per heavy atom. The molecule has 2 fully saturated rings. The van der Waals surface area contributed by atoms with Crippen molar-refractivity contribution in [3.8, 4) is 11.1 Å². The number of fused-ring (bicyclic) bond motifs is 2. The standard InChI is InChI=1S/C22H24ClN3O4/c1-22(2,3)30-21(27)25-15-7-8-19(25)17(11-15)14-10-18(20(23)24-12-14)13-5-4-6-16(9-13)26(28)29/h4-6,9-10,12,15,17,19H,7-8,11H2,1-3H3/t15-,17+,19+/m0/s1. The number of nitro groups is 1. The number of aromatic nitrogens is 1. The van der Waals surface area contributed by atoms with E-state index in [2.05, 4.69) is 4.98 Å². The Balaban J connectivity index is 1.63. The molecule has 0 unspecified atom stereocenters. The molecule has 1 aromatic carbocycles. The number of nitro benzene ring substituents is 1. The van der Waals surface area contributed by atoms with E-state index in [1.165, 1.54) is 12.1 Å². The third kappa shape index (κ3) is 3.86. The predicted molar refractivity (Wildman–Crippen MR) is 114 cm³/mol. The highest BCUT2D eigenvalue weighted by molar-refractivity contribution is 6.32. The Morgan fingerprint density at radius 2 is 2.07 bits per heavy atom. The molecular formula is C22H24ClN3O4. The Labute approximate surface area is 180 Å². The van der Waals surface area contributed by atoms with E-state index in [-0.39, 0.29) is 29.8 Å². The van der Waals surface area contributed by atoms with Crippen LogP contribution in [0.3, 0.4) is 0 Å². The van der Waals surface area contributed by atoms with Crippen molar-refractivity contribution < 1.29 is 14.5 Å². The van der Waals surface area contributed by atoms with Crippen LogP contribution in [-0.4, -0.2) is 38.6 Å². The van der Waals surface area contributed by atoms with E-state index < -0.39 is 10.5 Å². The van der Waals surface area contributed by atoms with Crippen LogP contribution in [0.4, 0.5) is 10.5 Å². The van der Waals surface area contributed by atoms with E-state index in [0.29, 0.717) is 16.3 Å². The summed E-state index contributed by atoms with van der Waals surface area (Å²) in [6.45, 7) is 5.61. The maximum atomic E-state index is 12.7. The molecule has 3 heterocycles. The maximum Gasteiger partial charge on any atom is 0.410 e. The molecule has 2 aliphatic rings. The number of benzene rings is 1. The van der Waals surface area contributed by atoms with Crippen molar-refractivity contribution in [3.63, 3.8) is 0 Å². The molecule has 2 bridgehead atoms. The van der Waals surface area contributed by atoms with E-state index in [1.54, 1.807) is 18.3 Å². The normalized spacial score (nSPS) is 22.9. The van der Waals surface area contributed by atoms with Gasteiger partial charge in [0.2, 0.25) is 0 Å². The number of pyridine rings is 1. The SMILES string of the molecule is CC(C)(C)OC(=O)N1[C@H]2CC[C@@H]1[C@@H](c1cnc(Cl)c(-c3cccc([N+](=O)[O-])c3)c1)C2. The molecule has 1 aromatic heterocycles. The number of amides is 1. The van der Waals surface area contributed by atoms with E-state index in [9.17, 15) is 14.9 Å². The Hall–Kier alpha value is -2.67. The first kappa shape index (κ1) is 20.6. The number of nitrogens with zero attached hydrogens (tertiary/aromatic N) is 3. The first-order chi connectivity index (χ1) is 14.1. The number of hydrogen-bond donors (Lipinski definition) is 0. The highest BCUT2D eigenvalue weighted by Crippen LogP contribution is 2.48. The van der Waals surface area contributed by atoms with E-state index in [4.69, 9.17) is 16.3 Å². The summed E-state index contributed by atoms with van der Waals surface area (Å²) in [6.07, 6.45) is 4.23. The molecule has 158 valence electrons. The zero-order valence-electron chi connectivity index (χ0n) is 17.2. The monoisotopic (exact) mass is 429 g/mol. The van der Waals surface area contributed by atoms with Gasteiger partial charge in [-0.3, -0.25) is 10.1 Å². The minimum Gasteiger partial charge on any atom is -0.444 e. The molecule has 2 saturated heterocycles. The van der Waals surface area contributed by atoms with Gasteiger partial charge in [0.15, 0.2) is 0 Å². The average molecular weight is 430 g/mol. The molecular weight excluding hydrogens is 406 g/mol. The topological polar surface area (TPSA) is 85.6 Å². The average Bonchev–Trinajstić information content (AvgIpc) is 3.25. The van der Waals surface area contributed by atoms with Crippen LogP contribution in [0.5, 0.6) is 0 Å². The quantitative estimate of drug-likeness (QED) is 0.362. The van der Waals surface area contributed by atoms with Crippen LogP contribution in [0.2, 0.25) is 5.15 Å². The highest BCUT2D eigenvalue weighted by Gasteiger charge is 2.50. The minimum absolute atomic E-state index is 0.00462. The first-order valence-electron chi connectivity index (χ1n) is 10.1. The van der Waals surface area contributed by atoms with Gasteiger partial charge in [-0.05, 0) is 57.2 Å². The summed E-state index contributed by atoms with van der Waals surface area (Å²) in [5.74, 6) is 0.137.